The zero-order chi connectivity index (χ0) is 28.8. The van der Waals surface area contributed by atoms with Crippen LogP contribution in [0, 0.1) is 5.92 Å². The van der Waals surface area contributed by atoms with Crippen LogP contribution in [0.15, 0.2) is 54.6 Å². The molecule has 0 spiro atoms. The molecule has 3 aromatic rings. The van der Waals surface area contributed by atoms with Gasteiger partial charge in [-0.25, -0.2) is 9.59 Å². The number of carboxylic acid groups (broad SMARTS) is 1. The van der Waals surface area contributed by atoms with Gasteiger partial charge in [-0.05, 0) is 83.3 Å². The van der Waals surface area contributed by atoms with Gasteiger partial charge in [0.15, 0.2) is 0 Å². The molecule has 7 nitrogen and oxygen atoms in total. The van der Waals surface area contributed by atoms with Crippen LogP contribution in [0.1, 0.15) is 52.9 Å². The fourth-order valence-electron chi connectivity index (χ4n) is 5.55. The minimum atomic E-state index is -4.75. The Morgan fingerprint density at radius 2 is 1.52 bits per heavy atom. The smallest absolute Gasteiger partial charge is 0.417 e. The molecule has 3 amide bonds. The van der Waals surface area contributed by atoms with E-state index in [1.54, 1.807) is 26.0 Å². The molecule has 0 radical (unpaired) electrons. The Kier molecular flexibility index (Phi) is 7.03. The summed E-state index contributed by atoms with van der Waals surface area (Å²) in [6.45, 7) is 3.45. The van der Waals surface area contributed by atoms with Gasteiger partial charge in [-0.2, -0.15) is 13.2 Å². The molecule has 1 aliphatic carbocycles. The molecule has 0 fully saturated rings. The fraction of sp³-hybridized carbons (Fsp3) is 0.300. The number of urea groups is 1. The molecule has 3 aromatic carbocycles. The molecule has 2 aliphatic rings. The normalized spacial score (nSPS) is 15.2. The summed E-state index contributed by atoms with van der Waals surface area (Å²) in [6.07, 6.45) is -1.78. The highest BCUT2D eigenvalue weighted by Gasteiger charge is 2.39. The number of nitrogens with zero attached hydrogens (tertiary/aromatic N) is 1. The van der Waals surface area contributed by atoms with Crippen LogP contribution in [0.5, 0.6) is 0 Å². The van der Waals surface area contributed by atoms with E-state index in [4.69, 9.17) is 0 Å². The van der Waals surface area contributed by atoms with E-state index >= 15 is 0 Å². The lowest BCUT2D eigenvalue weighted by Crippen LogP contribution is -2.44. The number of fused-ring (bicyclic) bond motifs is 2. The predicted octanol–water partition coefficient (Wildman–Crippen LogP) is 6.57. The number of hydrogen-bond acceptors (Lipinski definition) is 3. The standard InChI is InChI=1S/C30H28F3N3O4/c1-16(2)26(28(38)39)36-15-20-7-6-19(13-24(20)27(36)37)23-11-10-22(14-25(23)30(31,32)33)35-29(40)34-21-9-8-17-4-3-5-18(17)12-21/h6-14,16,26H,3-5,15H2,1-2H3,(H,38,39)(H2,34,35,40). The van der Waals surface area contributed by atoms with Crippen molar-refractivity contribution in [3.8, 4) is 11.1 Å². The van der Waals surface area contributed by atoms with E-state index < -0.39 is 35.7 Å². The molecule has 10 heteroatoms. The number of aliphatic carboxylic acids is 1. The van der Waals surface area contributed by atoms with E-state index in [-0.39, 0.29) is 34.8 Å². The molecule has 3 N–H and O–H groups in total. The number of benzene rings is 3. The van der Waals surface area contributed by atoms with Crippen molar-refractivity contribution in [2.24, 2.45) is 5.92 Å². The third-order valence-corrected chi connectivity index (χ3v) is 7.41. The Balaban J connectivity index is 1.39. The number of carbonyl (C=O) groups excluding carboxylic acids is 2. The van der Waals surface area contributed by atoms with Crippen molar-refractivity contribution >= 4 is 29.3 Å². The molecule has 1 aliphatic heterocycles. The van der Waals surface area contributed by atoms with Gasteiger partial charge in [0.25, 0.3) is 5.91 Å². The first kappa shape index (κ1) is 27.2. The van der Waals surface area contributed by atoms with Crippen LogP contribution in [-0.2, 0) is 30.4 Å². The number of halogens is 3. The molecule has 0 saturated heterocycles. The molecule has 0 aromatic heterocycles. The van der Waals surface area contributed by atoms with Gasteiger partial charge in [0, 0.05) is 23.5 Å². The van der Waals surface area contributed by atoms with Crippen LogP contribution in [0.3, 0.4) is 0 Å². The number of carboxylic acids is 1. The summed E-state index contributed by atoms with van der Waals surface area (Å²) in [5.74, 6) is -2.03. The monoisotopic (exact) mass is 551 g/mol. The predicted molar refractivity (Wildman–Crippen MR) is 144 cm³/mol. The van der Waals surface area contributed by atoms with Crippen molar-refractivity contribution in [1.82, 2.24) is 4.90 Å². The van der Waals surface area contributed by atoms with E-state index in [2.05, 4.69) is 10.6 Å². The van der Waals surface area contributed by atoms with Crippen LogP contribution in [-0.4, -0.2) is 34.0 Å². The number of rotatable bonds is 6. The molecule has 0 bridgehead atoms. The first-order valence-electron chi connectivity index (χ1n) is 13.0. The van der Waals surface area contributed by atoms with Crippen molar-refractivity contribution in [3.05, 3.63) is 82.4 Å². The first-order valence-corrected chi connectivity index (χ1v) is 13.0. The summed E-state index contributed by atoms with van der Waals surface area (Å²) < 4.78 is 42.5. The second kappa shape index (κ2) is 10.3. The van der Waals surface area contributed by atoms with Gasteiger partial charge in [0.2, 0.25) is 0 Å². The number of alkyl halides is 3. The summed E-state index contributed by atoms with van der Waals surface area (Å²) in [5, 5.41) is 14.8. The van der Waals surface area contributed by atoms with Crippen LogP contribution in [0.4, 0.5) is 29.3 Å². The molecule has 0 saturated carbocycles. The van der Waals surface area contributed by atoms with Gasteiger partial charge in [-0.15, -0.1) is 0 Å². The minimum absolute atomic E-state index is 0.0422. The number of aryl methyl sites for hydroxylation is 2. The second-order valence-corrected chi connectivity index (χ2v) is 10.5. The highest BCUT2D eigenvalue weighted by atomic mass is 19.4. The second-order valence-electron chi connectivity index (χ2n) is 10.5. The van der Waals surface area contributed by atoms with Crippen molar-refractivity contribution in [2.75, 3.05) is 10.6 Å². The summed E-state index contributed by atoms with van der Waals surface area (Å²) in [6, 6.07) is 11.8. The average molecular weight is 552 g/mol. The molecule has 40 heavy (non-hydrogen) atoms. The molecule has 5 rings (SSSR count). The molecule has 1 heterocycles. The topological polar surface area (TPSA) is 98.7 Å². The maximum Gasteiger partial charge on any atom is 0.417 e. The molecule has 208 valence electrons. The van der Waals surface area contributed by atoms with Crippen molar-refractivity contribution in [3.63, 3.8) is 0 Å². The van der Waals surface area contributed by atoms with E-state index in [0.29, 0.717) is 11.3 Å². The molecule has 1 unspecified atom stereocenters. The summed E-state index contributed by atoms with van der Waals surface area (Å²) in [5.41, 5.74) is 2.65. The lowest BCUT2D eigenvalue weighted by molar-refractivity contribution is -0.144. The Morgan fingerprint density at radius 1 is 0.875 bits per heavy atom. The van der Waals surface area contributed by atoms with Gasteiger partial charge in [0.05, 0.1) is 5.56 Å². The largest absolute Gasteiger partial charge is 0.480 e. The summed E-state index contributed by atoms with van der Waals surface area (Å²) >= 11 is 0. The maximum absolute atomic E-state index is 14.2. The third-order valence-electron chi connectivity index (χ3n) is 7.41. The van der Waals surface area contributed by atoms with Crippen molar-refractivity contribution < 1.29 is 32.7 Å². The molecule has 1 atom stereocenters. The number of nitrogens with one attached hydrogen (secondary N) is 2. The van der Waals surface area contributed by atoms with E-state index in [1.165, 1.54) is 34.7 Å². The fourth-order valence-corrected chi connectivity index (χ4v) is 5.55. The Hall–Kier alpha value is -4.34. The van der Waals surface area contributed by atoms with Crippen molar-refractivity contribution in [2.45, 2.75) is 51.9 Å². The van der Waals surface area contributed by atoms with Gasteiger partial charge in [-0.3, -0.25) is 4.79 Å². The van der Waals surface area contributed by atoms with Gasteiger partial charge < -0.3 is 20.6 Å². The van der Waals surface area contributed by atoms with Crippen LogP contribution < -0.4 is 10.6 Å². The summed E-state index contributed by atoms with van der Waals surface area (Å²) in [4.78, 5) is 38.6. The maximum atomic E-state index is 14.2. The van der Waals surface area contributed by atoms with Gasteiger partial charge >= 0.3 is 18.2 Å². The number of anilines is 2. The Labute approximate surface area is 229 Å². The SMILES string of the molecule is CC(C)C(C(=O)O)N1Cc2ccc(-c3ccc(NC(=O)Nc4ccc5c(c4)CCC5)cc3C(F)(F)F)cc2C1=O. The average Bonchev–Trinajstić information content (AvgIpc) is 3.47. The Morgan fingerprint density at radius 3 is 2.20 bits per heavy atom. The zero-order valence-corrected chi connectivity index (χ0v) is 21.9. The van der Waals surface area contributed by atoms with E-state index in [9.17, 15) is 32.7 Å². The molecular formula is C30H28F3N3O4. The van der Waals surface area contributed by atoms with E-state index in [0.717, 1.165) is 30.9 Å². The quantitative estimate of drug-likeness (QED) is 0.323. The lowest BCUT2D eigenvalue weighted by Gasteiger charge is -2.27. The zero-order valence-electron chi connectivity index (χ0n) is 21.9. The first-order chi connectivity index (χ1) is 18.9. The lowest BCUT2D eigenvalue weighted by atomic mass is 9.95. The number of hydrogen-bond donors (Lipinski definition) is 3. The minimum Gasteiger partial charge on any atom is -0.480 e. The van der Waals surface area contributed by atoms with Gasteiger partial charge in [-0.1, -0.05) is 38.1 Å². The molecular weight excluding hydrogens is 523 g/mol. The Bertz CT molecular complexity index is 1520. The van der Waals surface area contributed by atoms with Gasteiger partial charge in [0.1, 0.15) is 6.04 Å². The van der Waals surface area contributed by atoms with E-state index in [1.807, 2.05) is 12.1 Å². The van der Waals surface area contributed by atoms with Crippen LogP contribution >= 0.6 is 0 Å². The third kappa shape index (κ3) is 5.25. The number of carbonyl (C=O) groups is 3. The summed E-state index contributed by atoms with van der Waals surface area (Å²) in [7, 11) is 0. The highest BCUT2D eigenvalue weighted by Crippen LogP contribution is 2.40. The highest BCUT2D eigenvalue weighted by molar-refractivity contribution is 6.02. The van der Waals surface area contributed by atoms with Crippen LogP contribution in [0.2, 0.25) is 0 Å². The van der Waals surface area contributed by atoms with Crippen LogP contribution in [0.25, 0.3) is 11.1 Å². The van der Waals surface area contributed by atoms with Crippen molar-refractivity contribution in [1.29, 1.82) is 0 Å². The number of amides is 3.